The van der Waals surface area contributed by atoms with Crippen LogP contribution < -0.4 is 16.4 Å². The lowest BCUT2D eigenvalue weighted by Crippen LogP contribution is -2.60. The summed E-state index contributed by atoms with van der Waals surface area (Å²) in [5.74, 6) is -0.935. The van der Waals surface area contributed by atoms with Crippen LogP contribution in [0.25, 0.3) is 0 Å². The van der Waals surface area contributed by atoms with Gasteiger partial charge in [-0.1, -0.05) is 0 Å². The van der Waals surface area contributed by atoms with Gasteiger partial charge in [0.05, 0.1) is 6.04 Å². The fraction of sp³-hybridized carbons (Fsp3) is 0.800. The number of carboxylic acids is 1. The van der Waals surface area contributed by atoms with Crippen molar-refractivity contribution in [1.29, 1.82) is 0 Å². The molecule has 2 aliphatic rings. The van der Waals surface area contributed by atoms with Crippen LogP contribution in [0.3, 0.4) is 0 Å². The minimum absolute atomic E-state index is 0.0761. The average Bonchev–Trinajstić information content (AvgIpc) is 2.77. The summed E-state index contributed by atoms with van der Waals surface area (Å²) < 4.78 is 0. The molecule has 0 bridgehead atoms. The summed E-state index contributed by atoms with van der Waals surface area (Å²) in [6.45, 7) is 2.53. The molecule has 2 aliphatic heterocycles. The van der Waals surface area contributed by atoms with Crippen LogP contribution in [0.2, 0.25) is 0 Å². The van der Waals surface area contributed by atoms with Crippen LogP contribution in [0.4, 0.5) is 4.79 Å². The SMILES string of the molecule is NC(=O)N1CCNCC1C1CCN[C@@H]1C(=O)O. The monoisotopic (exact) mass is 242 g/mol. The summed E-state index contributed by atoms with van der Waals surface area (Å²) in [5.41, 5.74) is 5.34. The Hall–Kier alpha value is -1.34. The highest BCUT2D eigenvalue weighted by Crippen LogP contribution is 2.24. The molecule has 3 atom stereocenters. The van der Waals surface area contributed by atoms with Gasteiger partial charge in [0.25, 0.3) is 0 Å². The zero-order valence-electron chi connectivity index (χ0n) is 9.56. The standard InChI is InChI=1S/C10H18N4O3/c11-10(17)14-4-3-12-5-7(14)6-1-2-13-8(6)9(15)16/h6-8,12-13H,1-5H2,(H2,11,17)(H,15,16)/t6?,7?,8-/m0/s1. The fourth-order valence-electron chi connectivity index (χ4n) is 2.79. The zero-order valence-corrected chi connectivity index (χ0v) is 9.56. The van der Waals surface area contributed by atoms with Gasteiger partial charge in [0.1, 0.15) is 6.04 Å². The largest absolute Gasteiger partial charge is 0.480 e. The van der Waals surface area contributed by atoms with Crippen LogP contribution in [0.5, 0.6) is 0 Å². The third-order valence-corrected chi connectivity index (χ3v) is 3.60. The molecule has 0 aromatic heterocycles. The van der Waals surface area contributed by atoms with Gasteiger partial charge in [0.15, 0.2) is 0 Å². The number of amides is 2. The number of piperazine rings is 1. The molecule has 0 radical (unpaired) electrons. The van der Waals surface area contributed by atoms with E-state index in [1.165, 1.54) is 0 Å². The van der Waals surface area contributed by atoms with E-state index in [1.807, 2.05) is 0 Å². The summed E-state index contributed by atoms with van der Waals surface area (Å²) >= 11 is 0. The Morgan fingerprint density at radius 2 is 2.12 bits per heavy atom. The number of carboxylic acid groups (broad SMARTS) is 1. The van der Waals surface area contributed by atoms with Gasteiger partial charge in [0.2, 0.25) is 0 Å². The Labute approximate surface area is 99.3 Å². The molecule has 0 aliphatic carbocycles. The predicted molar refractivity (Wildman–Crippen MR) is 60.5 cm³/mol. The van der Waals surface area contributed by atoms with E-state index in [1.54, 1.807) is 4.90 Å². The van der Waals surface area contributed by atoms with E-state index in [9.17, 15) is 9.59 Å². The van der Waals surface area contributed by atoms with Gasteiger partial charge in [-0.3, -0.25) is 4.79 Å². The molecule has 2 amide bonds. The Balaban J connectivity index is 2.13. The fourth-order valence-corrected chi connectivity index (χ4v) is 2.79. The maximum Gasteiger partial charge on any atom is 0.321 e. The number of aliphatic carboxylic acids is 1. The van der Waals surface area contributed by atoms with Crippen molar-refractivity contribution < 1.29 is 14.7 Å². The molecular formula is C10H18N4O3. The van der Waals surface area contributed by atoms with E-state index in [-0.39, 0.29) is 12.0 Å². The first kappa shape index (κ1) is 12.1. The average molecular weight is 242 g/mol. The second-order valence-corrected chi connectivity index (χ2v) is 4.53. The van der Waals surface area contributed by atoms with Gasteiger partial charge in [-0.2, -0.15) is 0 Å². The lowest BCUT2D eigenvalue weighted by Gasteiger charge is -2.39. The molecule has 0 saturated carbocycles. The maximum atomic E-state index is 11.4. The van der Waals surface area contributed by atoms with Crippen LogP contribution in [0.15, 0.2) is 0 Å². The van der Waals surface area contributed by atoms with Crippen molar-refractivity contribution in [3.8, 4) is 0 Å². The van der Waals surface area contributed by atoms with Crippen molar-refractivity contribution >= 4 is 12.0 Å². The van der Waals surface area contributed by atoms with Gasteiger partial charge in [0, 0.05) is 25.6 Å². The highest BCUT2D eigenvalue weighted by molar-refractivity contribution is 5.75. The van der Waals surface area contributed by atoms with Crippen molar-refractivity contribution in [2.45, 2.75) is 18.5 Å². The minimum atomic E-state index is -0.859. The highest BCUT2D eigenvalue weighted by Gasteiger charge is 2.42. The molecule has 7 nitrogen and oxygen atoms in total. The van der Waals surface area contributed by atoms with Crippen LogP contribution in [-0.4, -0.2) is 60.3 Å². The quantitative estimate of drug-likeness (QED) is 0.466. The molecule has 2 fully saturated rings. The number of carbonyl (C=O) groups is 2. The first-order valence-electron chi connectivity index (χ1n) is 5.84. The van der Waals surface area contributed by atoms with Crippen LogP contribution >= 0.6 is 0 Å². The molecule has 0 aromatic carbocycles. The minimum Gasteiger partial charge on any atom is -0.480 e. The number of nitrogens with two attached hydrogens (primary N) is 1. The number of carbonyl (C=O) groups excluding carboxylic acids is 1. The molecule has 2 unspecified atom stereocenters. The van der Waals surface area contributed by atoms with E-state index < -0.39 is 18.0 Å². The van der Waals surface area contributed by atoms with E-state index in [0.29, 0.717) is 26.2 Å². The molecule has 5 N–H and O–H groups in total. The number of rotatable bonds is 2. The third-order valence-electron chi connectivity index (χ3n) is 3.60. The molecule has 2 heterocycles. The van der Waals surface area contributed by atoms with Crippen molar-refractivity contribution in [3.63, 3.8) is 0 Å². The van der Waals surface area contributed by atoms with Crippen molar-refractivity contribution in [1.82, 2.24) is 15.5 Å². The van der Waals surface area contributed by atoms with Crippen molar-refractivity contribution in [2.24, 2.45) is 11.7 Å². The molecule has 7 heteroatoms. The first-order chi connectivity index (χ1) is 8.11. The molecule has 2 rings (SSSR count). The first-order valence-corrected chi connectivity index (χ1v) is 5.84. The second-order valence-electron chi connectivity index (χ2n) is 4.53. The third kappa shape index (κ3) is 2.34. The Kier molecular flexibility index (Phi) is 3.49. The Morgan fingerprint density at radius 3 is 2.76 bits per heavy atom. The smallest absolute Gasteiger partial charge is 0.321 e. The summed E-state index contributed by atoms with van der Waals surface area (Å²) in [7, 11) is 0. The van der Waals surface area contributed by atoms with Crippen molar-refractivity contribution in [2.75, 3.05) is 26.2 Å². The number of hydrogen-bond donors (Lipinski definition) is 4. The van der Waals surface area contributed by atoms with Crippen LogP contribution in [0, 0.1) is 5.92 Å². The number of urea groups is 1. The van der Waals surface area contributed by atoms with Crippen molar-refractivity contribution in [3.05, 3.63) is 0 Å². The number of nitrogens with zero attached hydrogens (tertiary/aromatic N) is 1. The molecule has 17 heavy (non-hydrogen) atoms. The van der Waals surface area contributed by atoms with E-state index >= 15 is 0 Å². The lowest BCUT2D eigenvalue weighted by molar-refractivity contribution is -0.140. The number of hydrogen-bond acceptors (Lipinski definition) is 4. The maximum absolute atomic E-state index is 11.4. The molecule has 0 spiro atoms. The topological polar surface area (TPSA) is 108 Å². The van der Waals surface area contributed by atoms with Gasteiger partial charge in [-0.15, -0.1) is 0 Å². The van der Waals surface area contributed by atoms with Gasteiger partial charge in [-0.05, 0) is 13.0 Å². The highest BCUT2D eigenvalue weighted by atomic mass is 16.4. The number of primary amides is 1. The molecule has 2 saturated heterocycles. The van der Waals surface area contributed by atoms with Gasteiger partial charge in [-0.25, -0.2) is 4.79 Å². The second kappa shape index (κ2) is 4.89. The summed E-state index contributed by atoms with van der Waals surface area (Å²) in [4.78, 5) is 24.1. The lowest BCUT2D eigenvalue weighted by atomic mass is 9.90. The normalized spacial score (nSPS) is 33.6. The predicted octanol–water partition coefficient (Wildman–Crippen LogP) is -1.60. The van der Waals surface area contributed by atoms with E-state index in [0.717, 1.165) is 6.42 Å². The molecule has 96 valence electrons. The van der Waals surface area contributed by atoms with E-state index in [2.05, 4.69) is 10.6 Å². The zero-order chi connectivity index (χ0) is 12.4. The summed E-state index contributed by atoms with van der Waals surface area (Å²) in [6, 6.07) is -1.17. The summed E-state index contributed by atoms with van der Waals surface area (Å²) in [5, 5.41) is 15.3. The Bertz CT molecular complexity index is 323. The molecule has 0 aromatic rings. The number of nitrogens with one attached hydrogen (secondary N) is 2. The molecular weight excluding hydrogens is 224 g/mol. The van der Waals surface area contributed by atoms with Crippen LogP contribution in [-0.2, 0) is 4.79 Å². The Morgan fingerprint density at radius 1 is 1.35 bits per heavy atom. The van der Waals surface area contributed by atoms with E-state index in [4.69, 9.17) is 10.8 Å². The summed E-state index contributed by atoms with van der Waals surface area (Å²) in [6.07, 6.45) is 0.757. The van der Waals surface area contributed by atoms with Crippen LogP contribution in [0.1, 0.15) is 6.42 Å². The van der Waals surface area contributed by atoms with Gasteiger partial charge < -0.3 is 26.4 Å². The van der Waals surface area contributed by atoms with Gasteiger partial charge >= 0.3 is 12.0 Å².